The van der Waals surface area contributed by atoms with Crippen LogP contribution in [0.5, 0.6) is 0 Å². The minimum absolute atomic E-state index is 0.171. The Kier molecular flexibility index (Phi) is 6.22. The first-order chi connectivity index (χ1) is 12.7. The summed E-state index contributed by atoms with van der Waals surface area (Å²) in [5.41, 5.74) is 1.59. The van der Waals surface area contributed by atoms with Crippen molar-refractivity contribution in [1.82, 2.24) is 5.32 Å². The largest absolute Gasteiger partial charge is 0.480 e. The summed E-state index contributed by atoms with van der Waals surface area (Å²) >= 11 is 0. The molecule has 0 aliphatic heterocycles. The van der Waals surface area contributed by atoms with Crippen LogP contribution >= 0.6 is 0 Å². The third kappa shape index (κ3) is 4.65. The Morgan fingerprint density at radius 1 is 1.07 bits per heavy atom. The number of hydrogen-bond donors (Lipinski definition) is 2. The Bertz CT molecular complexity index is 922. The molecule has 1 amide bonds. The van der Waals surface area contributed by atoms with Gasteiger partial charge in [0.2, 0.25) is 0 Å². The average molecular weight is 390 g/mol. The van der Waals surface area contributed by atoms with E-state index in [1.165, 1.54) is 31.3 Å². The SMILES string of the molecule is CCC(NC(=O)c1ccc(N(C)S(=O)(=O)c2ccc(C)cc2)cc1)C(=O)O. The van der Waals surface area contributed by atoms with E-state index in [0.29, 0.717) is 5.69 Å². The van der Waals surface area contributed by atoms with Crippen molar-refractivity contribution in [2.45, 2.75) is 31.2 Å². The lowest BCUT2D eigenvalue weighted by molar-refractivity contribution is -0.139. The number of carbonyl (C=O) groups is 2. The van der Waals surface area contributed by atoms with Crippen LogP contribution in [0.4, 0.5) is 5.69 Å². The highest BCUT2D eigenvalue weighted by Gasteiger charge is 2.22. The highest BCUT2D eigenvalue weighted by atomic mass is 32.2. The summed E-state index contributed by atoms with van der Waals surface area (Å²) in [5.74, 6) is -1.63. The van der Waals surface area contributed by atoms with E-state index in [1.807, 2.05) is 6.92 Å². The van der Waals surface area contributed by atoms with E-state index < -0.39 is 27.9 Å². The quantitative estimate of drug-likeness (QED) is 0.756. The van der Waals surface area contributed by atoms with Gasteiger partial charge in [-0.15, -0.1) is 0 Å². The molecular weight excluding hydrogens is 368 g/mol. The highest BCUT2D eigenvalue weighted by Crippen LogP contribution is 2.22. The normalized spacial score (nSPS) is 12.3. The van der Waals surface area contributed by atoms with Crippen molar-refractivity contribution in [3.05, 3.63) is 59.7 Å². The van der Waals surface area contributed by atoms with Crippen molar-refractivity contribution in [3.63, 3.8) is 0 Å². The summed E-state index contributed by atoms with van der Waals surface area (Å²) in [6, 6.07) is 11.5. The molecule has 2 rings (SSSR count). The van der Waals surface area contributed by atoms with Crippen LogP contribution in [0.15, 0.2) is 53.4 Å². The third-order valence-electron chi connectivity index (χ3n) is 4.18. The van der Waals surface area contributed by atoms with Gasteiger partial charge in [-0.2, -0.15) is 0 Å². The first-order valence-corrected chi connectivity index (χ1v) is 9.80. The molecule has 0 aromatic heterocycles. The minimum atomic E-state index is -3.72. The Morgan fingerprint density at radius 3 is 2.11 bits per heavy atom. The number of anilines is 1. The van der Waals surface area contributed by atoms with Gasteiger partial charge in [0.25, 0.3) is 15.9 Å². The number of rotatable bonds is 7. The molecule has 0 saturated carbocycles. The fraction of sp³-hybridized carbons (Fsp3) is 0.263. The molecule has 0 heterocycles. The lowest BCUT2D eigenvalue weighted by atomic mass is 10.1. The van der Waals surface area contributed by atoms with Gasteiger partial charge < -0.3 is 10.4 Å². The van der Waals surface area contributed by atoms with Gasteiger partial charge in [-0.05, 0) is 49.7 Å². The third-order valence-corrected chi connectivity index (χ3v) is 5.98. The number of benzene rings is 2. The topological polar surface area (TPSA) is 104 Å². The minimum Gasteiger partial charge on any atom is -0.480 e. The molecule has 27 heavy (non-hydrogen) atoms. The van der Waals surface area contributed by atoms with Crippen LogP contribution in [-0.2, 0) is 14.8 Å². The summed E-state index contributed by atoms with van der Waals surface area (Å²) in [6.45, 7) is 3.53. The zero-order valence-corrected chi connectivity index (χ0v) is 16.2. The van der Waals surface area contributed by atoms with Gasteiger partial charge in [0.1, 0.15) is 6.04 Å². The summed E-state index contributed by atoms with van der Waals surface area (Å²) < 4.78 is 26.5. The molecule has 0 radical (unpaired) electrons. The molecule has 2 N–H and O–H groups in total. The standard InChI is InChI=1S/C19H22N2O5S/c1-4-17(19(23)24)20-18(22)14-7-9-15(10-8-14)21(3)27(25,26)16-11-5-13(2)6-12-16/h5-12,17H,4H2,1-3H3,(H,20,22)(H,23,24). The van der Waals surface area contributed by atoms with Gasteiger partial charge in [-0.25, -0.2) is 13.2 Å². The second-order valence-corrected chi connectivity index (χ2v) is 8.07. The molecule has 7 nitrogen and oxygen atoms in total. The van der Waals surface area contributed by atoms with E-state index in [9.17, 15) is 18.0 Å². The van der Waals surface area contributed by atoms with Crippen molar-refractivity contribution in [2.24, 2.45) is 0 Å². The van der Waals surface area contributed by atoms with Crippen LogP contribution in [0, 0.1) is 6.92 Å². The van der Waals surface area contributed by atoms with E-state index in [0.717, 1.165) is 9.87 Å². The number of aryl methyl sites for hydroxylation is 1. The Hall–Kier alpha value is -2.87. The van der Waals surface area contributed by atoms with Crippen LogP contribution in [0.3, 0.4) is 0 Å². The first kappa shape index (κ1) is 20.4. The lowest BCUT2D eigenvalue weighted by Crippen LogP contribution is -2.40. The molecule has 8 heteroatoms. The van der Waals surface area contributed by atoms with E-state index in [-0.39, 0.29) is 16.9 Å². The lowest BCUT2D eigenvalue weighted by Gasteiger charge is -2.20. The average Bonchev–Trinajstić information content (AvgIpc) is 2.65. The van der Waals surface area contributed by atoms with Crippen LogP contribution in [-0.4, -0.2) is 38.5 Å². The number of hydrogen-bond acceptors (Lipinski definition) is 4. The summed E-state index contributed by atoms with van der Waals surface area (Å²) in [6.07, 6.45) is 0.261. The Labute approximate surface area is 158 Å². The predicted octanol–water partition coefficient (Wildman–Crippen LogP) is 2.41. The second-order valence-electron chi connectivity index (χ2n) is 6.10. The first-order valence-electron chi connectivity index (χ1n) is 8.36. The van der Waals surface area contributed by atoms with Crippen molar-refractivity contribution in [1.29, 1.82) is 0 Å². The molecule has 144 valence electrons. The van der Waals surface area contributed by atoms with Crippen molar-refractivity contribution in [2.75, 3.05) is 11.4 Å². The van der Waals surface area contributed by atoms with Crippen molar-refractivity contribution in [3.8, 4) is 0 Å². The molecule has 0 spiro atoms. The maximum absolute atomic E-state index is 12.7. The fourth-order valence-corrected chi connectivity index (χ4v) is 3.61. The molecule has 2 aromatic rings. The molecule has 0 bridgehead atoms. The maximum Gasteiger partial charge on any atom is 0.326 e. The van der Waals surface area contributed by atoms with Gasteiger partial charge >= 0.3 is 5.97 Å². The number of carboxylic acids is 1. The smallest absolute Gasteiger partial charge is 0.326 e. The molecule has 1 atom stereocenters. The summed E-state index contributed by atoms with van der Waals surface area (Å²) in [5, 5.41) is 11.4. The molecule has 0 aliphatic carbocycles. The van der Waals surface area contributed by atoms with Gasteiger partial charge in [-0.1, -0.05) is 24.6 Å². The molecule has 0 fully saturated rings. The van der Waals surface area contributed by atoms with Crippen LogP contribution in [0.25, 0.3) is 0 Å². The van der Waals surface area contributed by atoms with Crippen molar-refractivity contribution >= 4 is 27.6 Å². The van der Waals surface area contributed by atoms with Gasteiger partial charge in [0.05, 0.1) is 10.6 Å². The van der Waals surface area contributed by atoms with Gasteiger partial charge in [-0.3, -0.25) is 9.10 Å². The number of carbonyl (C=O) groups excluding carboxylic acids is 1. The molecule has 2 aromatic carbocycles. The van der Waals surface area contributed by atoms with E-state index in [2.05, 4.69) is 5.32 Å². The highest BCUT2D eigenvalue weighted by molar-refractivity contribution is 7.92. The van der Waals surface area contributed by atoms with E-state index >= 15 is 0 Å². The summed E-state index contributed by atoms with van der Waals surface area (Å²) in [7, 11) is -2.29. The van der Waals surface area contributed by atoms with E-state index in [4.69, 9.17) is 5.11 Å². The molecule has 0 aliphatic rings. The zero-order chi connectivity index (χ0) is 20.2. The number of aliphatic carboxylic acids is 1. The molecule has 1 unspecified atom stereocenters. The maximum atomic E-state index is 12.7. The van der Waals surface area contributed by atoms with Crippen molar-refractivity contribution < 1.29 is 23.1 Å². The Morgan fingerprint density at radius 2 is 1.63 bits per heavy atom. The number of nitrogens with one attached hydrogen (secondary N) is 1. The molecular formula is C19H22N2O5S. The number of nitrogens with zero attached hydrogens (tertiary/aromatic N) is 1. The number of amides is 1. The Balaban J connectivity index is 2.19. The van der Waals surface area contributed by atoms with Crippen LogP contribution < -0.4 is 9.62 Å². The fourth-order valence-electron chi connectivity index (χ4n) is 2.41. The van der Waals surface area contributed by atoms with Crippen LogP contribution in [0.1, 0.15) is 29.3 Å². The van der Waals surface area contributed by atoms with Crippen LogP contribution in [0.2, 0.25) is 0 Å². The second kappa shape index (κ2) is 8.22. The number of carboxylic acid groups (broad SMARTS) is 1. The predicted molar refractivity (Wildman–Crippen MR) is 102 cm³/mol. The number of sulfonamides is 1. The molecule has 0 saturated heterocycles. The monoisotopic (exact) mass is 390 g/mol. The summed E-state index contributed by atoms with van der Waals surface area (Å²) in [4.78, 5) is 23.3. The van der Waals surface area contributed by atoms with Gasteiger partial charge in [0.15, 0.2) is 0 Å². The zero-order valence-electron chi connectivity index (χ0n) is 15.3. The van der Waals surface area contributed by atoms with E-state index in [1.54, 1.807) is 31.2 Å². The van der Waals surface area contributed by atoms with Gasteiger partial charge in [0, 0.05) is 12.6 Å².